The van der Waals surface area contributed by atoms with Gasteiger partial charge in [-0.25, -0.2) is 0 Å². The van der Waals surface area contributed by atoms with E-state index in [2.05, 4.69) is 12.1 Å². The molecule has 0 atom stereocenters. The molecule has 0 N–H and O–H groups in total. The average Bonchev–Trinajstić information content (AvgIpc) is 2.27. The van der Waals surface area contributed by atoms with Gasteiger partial charge in [0.25, 0.3) is 0 Å². The molecular weight excluding hydrogens is 172 g/mol. The van der Waals surface area contributed by atoms with Gasteiger partial charge >= 0.3 is 0 Å². The van der Waals surface area contributed by atoms with Gasteiger partial charge in [-0.2, -0.15) is 0 Å². The standard InChI is InChI=1S/C13H16O/c1-2-13(14)12-8-7-10-5-3-4-6-11(10)9-12/h7-9H,2-6H2,1H3. The molecule has 0 saturated heterocycles. The van der Waals surface area contributed by atoms with E-state index in [1.165, 1.54) is 30.4 Å². The highest BCUT2D eigenvalue weighted by atomic mass is 16.1. The van der Waals surface area contributed by atoms with Crippen LogP contribution in [0.25, 0.3) is 0 Å². The third kappa shape index (κ3) is 1.72. The highest BCUT2D eigenvalue weighted by Gasteiger charge is 2.11. The summed E-state index contributed by atoms with van der Waals surface area (Å²) in [4.78, 5) is 11.5. The first-order valence-electron chi connectivity index (χ1n) is 5.46. The summed E-state index contributed by atoms with van der Waals surface area (Å²) in [5, 5.41) is 0. The van der Waals surface area contributed by atoms with Crippen LogP contribution in [0.2, 0.25) is 0 Å². The summed E-state index contributed by atoms with van der Waals surface area (Å²) >= 11 is 0. The number of hydrogen-bond acceptors (Lipinski definition) is 1. The first kappa shape index (κ1) is 9.45. The highest BCUT2D eigenvalue weighted by Crippen LogP contribution is 2.22. The third-order valence-corrected chi connectivity index (χ3v) is 2.99. The summed E-state index contributed by atoms with van der Waals surface area (Å²) < 4.78 is 0. The van der Waals surface area contributed by atoms with Crippen molar-refractivity contribution in [1.82, 2.24) is 0 Å². The summed E-state index contributed by atoms with van der Waals surface area (Å²) in [5.74, 6) is 0.262. The van der Waals surface area contributed by atoms with Gasteiger partial charge in [-0.15, -0.1) is 0 Å². The van der Waals surface area contributed by atoms with E-state index in [0.717, 1.165) is 12.0 Å². The maximum atomic E-state index is 11.5. The largest absolute Gasteiger partial charge is 0.294 e. The molecule has 1 aliphatic rings. The van der Waals surface area contributed by atoms with Crippen molar-refractivity contribution in [3.8, 4) is 0 Å². The molecule has 0 amide bonds. The summed E-state index contributed by atoms with van der Waals surface area (Å²) in [6, 6.07) is 6.22. The zero-order chi connectivity index (χ0) is 9.97. The zero-order valence-corrected chi connectivity index (χ0v) is 8.68. The maximum absolute atomic E-state index is 11.5. The molecule has 0 fully saturated rings. The van der Waals surface area contributed by atoms with Crippen molar-refractivity contribution in [3.05, 3.63) is 34.9 Å². The van der Waals surface area contributed by atoms with Crippen LogP contribution in [0.1, 0.15) is 47.7 Å². The van der Waals surface area contributed by atoms with E-state index < -0.39 is 0 Å². The number of carbonyl (C=O) groups is 1. The molecule has 14 heavy (non-hydrogen) atoms. The summed E-state index contributed by atoms with van der Waals surface area (Å²) in [7, 11) is 0. The Morgan fingerprint density at radius 1 is 1.21 bits per heavy atom. The van der Waals surface area contributed by atoms with Crippen LogP contribution in [-0.2, 0) is 12.8 Å². The first-order chi connectivity index (χ1) is 6.81. The number of benzene rings is 1. The van der Waals surface area contributed by atoms with Gasteiger partial charge in [-0.3, -0.25) is 4.79 Å². The summed E-state index contributed by atoms with van der Waals surface area (Å²) in [6.07, 6.45) is 5.53. The number of aryl methyl sites for hydroxylation is 2. The van der Waals surface area contributed by atoms with Gasteiger partial charge in [-0.05, 0) is 42.9 Å². The summed E-state index contributed by atoms with van der Waals surface area (Å²) in [6.45, 7) is 1.92. The predicted molar refractivity (Wildman–Crippen MR) is 57.7 cm³/mol. The molecule has 1 heteroatoms. The Labute approximate surface area is 85.1 Å². The molecule has 2 rings (SSSR count). The number of Topliss-reactive ketones (excluding diaryl/α,β-unsaturated/α-hetero) is 1. The molecule has 1 aliphatic carbocycles. The van der Waals surface area contributed by atoms with Gasteiger partial charge < -0.3 is 0 Å². The van der Waals surface area contributed by atoms with Crippen molar-refractivity contribution < 1.29 is 4.79 Å². The van der Waals surface area contributed by atoms with Crippen molar-refractivity contribution in [3.63, 3.8) is 0 Å². The Hall–Kier alpha value is -1.11. The van der Waals surface area contributed by atoms with Crippen LogP contribution in [0, 0.1) is 0 Å². The Kier molecular flexibility index (Phi) is 2.67. The monoisotopic (exact) mass is 188 g/mol. The van der Waals surface area contributed by atoms with Gasteiger partial charge in [0.2, 0.25) is 0 Å². The highest BCUT2D eigenvalue weighted by molar-refractivity contribution is 5.96. The number of ketones is 1. The minimum absolute atomic E-state index is 0.262. The van der Waals surface area contributed by atoms with Crippen LogP contribution in [0.4, 0.5) is 0 Å². The number of carbonyl (C=O) groups excluding carboxylic acids is 1. The fourth-order valence-corrected chi connectivity index (χ4v) is 2.11. The first-order valence-corrected chi connectivity index (χ1v) is 5.46. The van der Waals surface area contributed by atoms with Crippen LogP contribution >= 0.6 is 0 Å². The van der Waals surface area contributed by atoms with Crippen LogP contribution in [0.5, 0.6) is 0 Å². The molecule has 0 aliphatic heterocycles. The van der Waals surface area contributed by atoms with Crippen molar-refractivity contribution in [2.45, 2.75) is 39.0 Å². The van der Waals surface area contributed by atoms with Crippen LogP contribution < -0.4 is 0 Å². The van der Waals surface area contributed by atoms with Gasteiger partial charge in [0.1, 0.15) is 0 Å². The summed E-state index contributed by atoms with van der Waals surface area (Å²) in [5.41, 5.74) is 3.74. The second-order valence-electron chi connectivity index (χ2n) is 3.97. The fraction of sp³-hybridized carbons (Fsp3) is 0.462. The van der Waals surface area contributed by atoms with Gasteiger partial charge in [0.05, 0.1) is 0 Å². The van der Waals surface area contributed by atoms with Crippen molar-refractivity contribution in [1.29, 1.82) is 0 Å². The second-order valence-corrected chi connectivity index (χ2v) is 3.97. The molecule has 1 aromatic carbocycles. The van der Waals surface area contributed by atoms with Crippen LogP contribution in [0.3, 0.4) is 0 Å². The molecule has 1 nitrogen and oxygen atoms in total. The Bertz CT molecular complexity index is 352. The molecule has 0 aromatic heterocycles. The van der Waals surface area contributed by atoms with Crippen LogP contribution in [0.15, 0.2) is 18.2 Å². The van der Waals surface area contributed by atoms with E-state index in [1.807, 2.05) is 13.0 Å². The SMILES string of the molecule is CCC(=O)c1ccc2c(c1)CCCC2. The molecule has 0 saturated carbocycles. The van der Waals surface area contributed by atoms with E-state index in [9.17, 15) is 4.79 Å². The molecule has 0 heterocycles. The van der Waals surface area contributed by atoms with Gasteiger partial charge in [-0.1, -0.05) is 19.1 Å². The Morgan fingerprint density at radius 3 is 2.64 bits per heavy atom. The predicted octanol–water partition coefficient (Wildman–Crippen LogP) is 3.16. The molecule has 1 aromatic rings. The minimum Gasteiger partial charge on any atom is -0.294 e. The third-order valence-electron chi connectivity index (χ3n) is 2.99. The second kappa shape index (κ2) is 3.95. The quantitative estimate of drug-likeness (QED) is 0.651. The molecule has 74 valence electrons. The molecule has 0 bridgehead atoms. The van der Waals surface area contributed by atoms with Crippen molar-refractivity contribution in [2.24, 2.45) is 0 Å². The van der Waals surface area contributed by atoms with Crippen LogP contribution in [-0.4, -0.2) is 5.78 Å². The lowest BCUT2D eigenvalue weighted by molar-refractivity contribution is 0.0988. The van der Waals surface area contributed by atoms with Gasteiger partial charge in [0.15, 0.2) is 5.78 Å². The molecule has 0 spiro atoms. The van der Waals surface area contributed by atoms with E-state index in [-0.39, 0.29) is 5.78 Å². The Morgan fingerprint density at radius 2 is 1.93 bits per heavy atom. The normalized spacial score (nSPS) is 14.9. The fourth-order valence-electron chi connectivity index (χ4n) is 2.11. The van der Waals surface area contributed by atoms with E-state index in [4.69, 9.17) is 0 Å². The molecule has 0 radical (unpaired) electrons. The van der Waals surface area contributed by atoms with E-state index in [1.54, 1.807) is 0 Å². The van der Waals surface area contributed by atoms with E-state index >= 15 is 0 Å². The number of rotatable bonds is 2. The lowest BCUT2D eigenvalue weighted by Crippen LogP contribution is -2.05. The van der Waals surface area contributed by atoms with E-state index in [0.29, 0.717) is 6.42 Å². The minimum atomic E-state index is 0.262. The lowest BCUT2D eigenvalue weighted by atomic mass is 9.89. The molecular formula is C13H16O. The van der Waals surface area contributed by atoms with Gasteiger partial charge in [0, 0.05) is 12.0 Å². The smallest absolute Gasteiger partial charge is 0.162 e. The zero-order valence-electron chi connectivity index (χ0n) is 8.68. The van der Waals surface area contributed by atoms with Crippen molar-refractivity contribution in [2.75, 3.05) is 0 Å². The number of fused-ring (bicyclic) bond motifs is 1. The molecule has 0 unspecified atom stereocenters. The maximum Gasteiger partial charge on any atom is 0.162 e. The Balaban J connectivity index is 2.33. The topological polar surface area (TPSA) is 17.1 Å². The lowest BCUT2D eigenvalue weighted by Gasteiger charge is -2.15. The van der Waals surface area contributed by atoms with Crippen molar-refractivity contribution >= 4 is 5.78 Å². The average molecular weight is 188 g/mol. The number of hydrogen-bond donors (Lipinski definition) is 0.